The van der Waals surface area contributed by atoms with Crippen molar-refractivity contribution in [1.82, 2.24) is 0 Å². The van der Waals surface area contributed by atoms with Gasteiger partial charge in [-0.05, 0) is 6.92 Å². The highest BCUT2D eigenvalue weighted by Gasteiger charge is 2.11. The maximum Gasteiger partial charge on any atom is 0.330 e. The molecule has 0 aliphatic rings. The highest BCUT2D eigenvalue weighted by atomic mass is 35.5. The minimum atomic E-state index is -0.693. The third kappa shape index (κ3) is 6.71. The first kappa shape index (κ1) is 15.6. The molecule has 0 radical (unpaired) electrons. The van der Waals surface area contributed by atoms with Crippen LogP contribution in [0.4, 0.5) is 0 Å². The van der Waals surface area contributed by atoms with Gasteiger partial charge in [0.05, 0.1) is 0 Å². The second kappa shape index (κ2) is 8.73. The smallest absolute Gasteiger partial charge is 0.330 e. The summed E-state index contributed by atoms with van der Waals surface area (Å²) in [7, 11) is 0. The summed E-state index contributed by atoms with van der Waals surface area (Å²) in [5, 5.41) is 9.60. The van der Waals surface area contributed by atoms with Gasteiger partial charge in [-0.3, -0.25) is 0 Å². The summed E-state index contributed by atoms with van der Waals surface area (Å²) < 4.78 is 6.65. The fraction of sp³-hybridized carbons (Fsp3) is 0.333. The van der Waals surface area contributed by atoms with E-state index >= 15 is 0 Å². The predicted molar refractivity (Wildman–Crippen MR) is 58.4 cm³/mol. The number of esters is 1. The number of rotatable bonds is 5. The van der Waals surface area contributed by atoms with Gasteiger partial charge in [-0.2, -0.15) is 0 Å². The molecule has 1 unspecified atom stereocenters. The van der Waals surface area contributed by atoms with Crippen LogP contribution in [0.1, 0.15) is 6.92 Å². The lowest BCUT2D eigenvalue weighted by Gasteiger charge is -2.06. The molecular formula is C12H16ClNO3. The Morgan fingerprint density at radius 1 is 1.41 bits per heavy atom. The van der Waals surface area contributed by atoms with Crippen molar-refractivity contribution in [3.05, 3.63) is 42.7 Å². The van der Waals surface area contributed by atoms with E-state index in [2.05, 4.69) is 0 Å². The lowest BCUT2D eigenvalue weighted by atomic mass is 10.3. The molecule has 1 aromatic rings. The van der Waals surface area contributed by atoms with E-state index in [1.54, 1.807) is 13.0 Å². The number of halogens is 1. The highest BCUT2D eigenvalue weighted by Crippen LogP contribution is 1.89. The normalized spacial score (nSPS) is 11.9. The SMILES string of the molecule is CC=CC(=O)OCC(O)C[n+]1ccccc1.[Cl-]. The molecule has 0 aromatic carbocycles. The second-order valence-electron chi connectivity index (χ2n) is 3.36. The number of aromatic nitrogens is 1. The molecule has 0 bridgehead atoms. The number of nitrogens with zero attached hydrogens (tertiary/aromatic N) is 1. The largest absolute Gasteiger partial charge is 1.00 e. The summed E-state index contributed by atoms with van der Waals surface area (Å²) in [6.45, 7) is 2.15. The van der Waals surface area contributed by atoms with Gasteiger partial charge < -0.3 is 22.3 Å². The maximum atomic E-state index is 11.0. The Bertz CT molecular complexity index is 354. The van der Waals surface area contributed by atoms with E-state index < -0.39 is 12.1 Å². The summed E-state index contributed by atoms with van der Waals surface area (Å²) in [4.78, 5) is 11.0. The molecule has 1 aromatic heterocycles. The number of pyridine rings is 1. The molecule has 1 N–H and O–H groups in total. The van der Waals surface area contributed by atoms with E-state index in [9.17, 15) is 9.90 Å². The van der Waals surface area contributed by atoms with Crippen molar-refractivity contribution in [2.75, 3.05) is 6.61 Å². The standard InChI is InChI=1S/C12H16NO3.ClH/c1-2-6-12(15)16-10-11(14)9-13-7-4-3-5-8-13;/h2-8,11,14H,9-10H2,1H3;1H/q+1;/p-1. The van der Waals surface area contributed by atoms with E-state index in [4.69, 9.17) is 4.74 Å². The van der Waals surface area contributed by atoms with Crippen LogP contribution in [0.15, 0.2) is 42.7 Å². The van der Waals surface area contributed by atoms with Gasteiger partial charge in [-0.1, -0.05) is 12.1 Å². The van der Waals surface area contributed by atoms with Crippen molar-refractivity contribution >= 4 is 5.97 Å². The van der Waals surface area contributed by atoms with Crippen LogP contribution in [0.2, 0.25) is 0 Å². The average molecular weight is 258 g/mol. The summed E-state index contributed by atoms with van der Waals surface area (Å²) in [5.74, 6) is -0.431. The summed E-state index contributed by atoms with van der Waals surface area (Å²) in [6.07, 6.45) is 5.92. The minimum absolute atomic E-state index is 0. The van der Waals surface area contributed by atoms with Crippen LogP contribution in [-0.4, -0.2) is 23.8 Å². The Labute approximate surface area is 107 Å². The first-order chi connectivity index (χ1) is 7.72. The molecule has 0 amide bonds. The van der Waals surface area contributed by atoms with Crippen LogP contribution in [-0.2, 0) is 16.1 Å². The van der Waals surface area contributed by atoms with E-state index in [-0.39, 0.29) is 19.0 Å². The molecule has 17 heavy (non-hydrogen) atoms. The Morgan fingerprint density at radius 2 is 2.06 bits per heavy atom. The zero-order chi connectivity index (χ0) is 11.8. The van der Waals surface area contributed by atoms with Gasteiger partial charge >= 0.3 is 5.97 Å². The lowest BCUT2D eigenvalue weighted by Crippen LogP contribution is -3.00. The van der Waals surface area contributed by atoms with Crippen molar-refractivity contribution in [3.8, 4) is 0 Å². The number of allylic oxidation sites excluding steroid dienone is 1. The lowest BCUT2D eigenvalue weighted by molar-refractivity contribution is -0.703. The van der Waals surface area contributed by atoms with Crippen LogP contribution in [0, 0.1) is 0 Å². The van der Waals surface area contributed by atoms with E-state index in [0.717, 1.165) is 0 Å². The number of aliphatic hydroxyl groups is 1. The Hall–Kier alpha value is -1.39. The highest BCUT2D eigenvalue weighted by molar-refractivity contribution is 5.81. The van der Waals surface area contributed by atoms with Gasteiger partial charge in [-0.15, -0.1) is 0 Å². The molecule has 0 aliphatic carbocycles. The average Bonchev–Trinajstić information content (AvgIpc) is 2.28. The summed E-state index contributed by atoms with van der Waals surface area (Å²) >= 11 is 0. The number of hydrogen-bond acceptors (Lipinski definition) is 3. The molecular weight excluding hydrogens is 242 g/mol. The van der Waals surface area contributed by atoms with Gasteiger partial charge in [0.1, 0.15) is 12.7 Å². The number of carbonyl (C=O) groups excluding carboxylic acids is 1. The van der Waals surface area contributed by atoms with Crippen LogP contribution in [0.5, 0.6) is 0 Å². The van der Waals surface area contributed by atoms with E-state index in [0.29, 0.717) is 6.54 Å². The number of hydrogen-bond donors (Lipinski definition) is 1. The quantitative estimate of drug-likeness (QED) is 0.359. The van der Waals surface area contributed by atoms with Crippen LogP contribution in [0.25, 0.3) is 0 Å². The van der Waals surface area contributed by atoms with Gasteiger partial charge in [0, 0.05) is 18.2 Å². The van der Waals surface area contributed by atoms with Gasteiger partial charge in [-0.25, -0.2) is 9.36 Å². The molecule has 94 valence electrons. The van der Waals surface area contributed by atoms with E-state index in [1.165, 1.54) is 6.08 Å². The van der Waals surface area contributed by atoms with Crippen molar-refractivity contribution in [2.24, 2.45) is 0 Å². The second-order valence-corrected chi connectivity index (χ2v) is 3.36. The topological polar surface area (TPSA) is 50.4 Å². The molecule has 4 nitrogen and oxygen atoms in total. The molecule has 0 saturated carbocycles. The minimum Gasteiger partial charge on any atom is -1.00 e. The molecule has 5 heteroatoms. The van der Waals surface area contributed by atoms with Crippen molar-refractivity contribution in [3.63, 3.8) is 0 Å². The van der Waals surface area contributed by atoms with Crippen LogP contribution >= 0.6 is 0 Å². The number of ether oxygens (including phenoxy) is 1. The predicted octanol–water partition coefficient (Wildman–Crippen LogP) is -2.54. The van der Waals surface area contributed by atoms with Gasteiger partial charge in [0.2, 0.25) is 0 Å². The molecule has 1 atom stereocenters. The number of carbonyl (C=O) groups is 1. The molecule has 1 heterocycles. The third-order valence-corrected chi connectivity index (χ3v) is 1.92. The van der Waals surface area contributed by atoms with Gasteiger partial charge in [0.25, 0.3) is 0 Å². The Morgan fingerprint density at radius 3 is 2.65 bits per heavy atom. The molecule has 0 fully saturated rings. The summed E-state index contributed by atoms with van der Waals surface area (Å²) in [6, 6.07) is 5.64. The zero-order valence-corrected chi connectivity index (χ0v) is 10.4. The van der Waals surface area contributed by atoms with Crippen LogP contribution in [0.3, 0.4) is 0 Å². The Kier molecular flexibility index (Phi) is 8.01. The molecule has 0 saturated heterocycles. The van der Waals surface area contributed by atoms with Gasteiger partial charge in [0.15, 0.2) is 18.9 Å². The van der Waals surface area contributed by atoms with Crippen molar-refractivity contribution < 1.29 is 31.6 Å². The molecule has 0 aliphatic heterocycles. The maximum absolute atomic E-state index is 11.0. The summed E-state index contributed by atoms with van der Waals surface area (Å²) in [5.41, 5.74) is 0. The van der Waals surface area contributed by atoms with E-state index in [1.807, 2.05) is 35.2 Å². The van der Waals surface area contributed by atoms with Crippen molar-refractivity contribution in [2.45, 2.75) is 19.6 Å². The zero-order valence-electron chi connectivity index (χ0n) is 9.62. The fourth-order valence-electron chi connectivity index (χ4n) is 1.21. The third-order valence-electron chi connectivity index (χ3n) is 1.92. The number of aliphatic hydroxyl groups excluding tert-OH is 1. The molecule has 1 rings (SSSR count). The molecule has 0 spiro atoms. The first-order valence-electron chi connectivity index (χ1n) is 5.14. The fourth-order valence-corrected chi connectivity index (χ4v) is 1.21. The van der Waals surface area contributed by atoms with Crippen LogP contribution < -0.4 is 17.0 Å². The van der Waals surface area contributed by atoms with Crippen molar-refractivity contribution in [1.29, 1.82) is 0 Å². The Balaban J connectivity index is 0.00000256. The first-order valence-corrected chi connectivity index (χ1v) is 5.14. The monoisotopic (exact) mass is 257 g/mol.